The first kappa shape index (κ1) is 12.7. The van der Waals surface area contributed by atoms with E-state index in [1.54, 1.807) is 7.11 Å². The zero-order valence-electron chi connectivity index (χ0n) is 11.0. The van der Waals surface area contributed by atoms with E-state index in [0.29, 0.717) is 5.25 Å². The van der Waals surface area contributed by atoms with Crippen molar-refractivity contribution in [3.8, 4) is 5.75 Å². The molecule has 4 nitrogen and oxygen atoms in total. The molecule has 3 rings (SSSR count). The lowest BCUT2D eigenvalue weighted by molar-refractivity contribution is 0.416. The van der Waals surface area contributed by atoms with E-state index in [-0.39, 0.29) is 5.69 Å². The lowest BCUT2D eigenvalue weighted by Gasteiger charge is -2.21. The Labute approximate surface area is 116 Å². The standard InChI is InChI=1S/C14H18N2O2S/c1-18-12-7-4-6-11-13(12)16(14(17)15-11)9-10-5-2-3-8-19-10/h4,6-7,10H,2-3,5,8-9H2,1H3,(H,15,17). The first-order chi connectivity index (χ1) is 9.29. The Morgan fingerprint density at radius 1 is 1.47 bits per heavy atom. The van der Waals surface area contributed by atoms with E-state index >= 15 is 0 Å². The maximum absolute atomic E-state index is 12.1. The van der Waals surface area contributed by atoms with Crippen LogP contribution in [0.15, 0.2) is 23.0 Å². The highest BCUT2D eigenvalue weighted by molar-refractivity contribution is 7.99. The number of nitrogens with zero attached hydrogens (tertiary/aromatic N) is 1. The Kier molecular flexibility index (Phi) is 3.55. The van der Waals surface area contributed by atoms with Crippen LogP contribution >= 0.6 is 11.8 Å². The number of H-pyrrole nitrogens is 1. The van der Waals surface area contributed by atoms with Crippen molar-refractivity contribution in [2.45, 2.75) is 31.1 Å². The largest absolute Gasteiger partial charge is 0.494 e. The molecule has 1 aliphatic rings. The molecule has 1 N–H and O–H groups in total. The van der Waals surface area contributed by atoms with Gasteiger partial charge in [0.25, 0.3) is 0 Å². The van der Waals surface area contributed by atoms with Gasteiger partial charge >= 0.3 is 5.69 Å². The first-order valence-corrected chi connectivity index (χ1v) is 7.71. The monoisotopic (exact) mass is 278 g/mol. The molecule has 0 spiro atoms. The minimum atomic E-state index is -0.0364. The van der Waals surface area contributed by atoms with Gasteiger partial charge in [0.2, 0.25) is 0 Å². The molecule has 2 heterocycles. The van der Waals surface area contributed by atoms with E-state index in [1.165, 1.54) is 25.0 Å². The second-order valence-corrected chi connectivity index (χ2v) is 6.29. The van der Waals surface area contributed by atoms with Crippen molar-refractivity contribution in [1.29, 1.82) is 0 Å². The third-order valence-electron chi connectivity index (χ3n) is 3.64. The molecule has 2 aromatic rings. The Morgan fingerprint density at radius 2 is 2.37 bits per heavy atom. The molecule has 0 bridgehead atoms. The van der Waals surface area contributed by atoms with Crippen LogP contribution in [-0.2, 0) is 6.54 Å². The number of aromatic nitrogens is 2. The second-order valence-electron chi connectivity index (χ2n) is 4.89. The van der Waals surface area contributed by atoms with Gasteiger partial charge in [0.1, 0.15) is 11.3 Å². The van der Waals surface area contributed by atoms with Crippen LogP contribution in [0, 0.1) is 0 Å². The average Bonchev–Trinajstić information content (AvgIpc) is 2.76. The highest BCUT2D eigenvalue weighted by Gasteiger charge is 2.18. The topological polar surface area (TPSA) is 47.0 Å². The molecule has 0 saturated carbocycles. The Bertz CT molecular complexity index is 626. The van der Waals surface area contributed by atoms with E-state index < -0.39 is 0 Å². The Hall–Kier alpha value is -1.36. The summed E-state index contributed by atoms with van der Waals surface area (Å²) in [5.74, 6) is 1.97. The van der Waals surface area contributed by atoms with Crippen LogP contribution in [0.1, 0.15) is 19.3 Å². The van der Waals surface area contributed by atoms with Gasteiger partial charge in [-0.1, -0.05) is 12.5 Å². The second kappa shape index (κ2) is 5.33. The number of ether oxygens (including phenoxy) is 1. The smallest absolute Gasteiger partial charge is 0.326 e. The minimum absolute atomic E-state index is 0.0364. The van der Waals surface area contributed by atoms with Crippen LogP contribution in [0.25, 0.3) is 11.0 Å². The number of para-hydroxylation sites is 1. The van der Waals surface area contributed by atoms with Gasteiger partial charge in [0.05, 0.1) is 12.6 Å². The molecule has 1 fully saturated rings. The number of imidazole rings is 1. The first-order valence-electron chi connectivity index (χ1n) is 6.66. The van der Waals surface area contributed by atoms with Crippen LogP contribution in [0.4, 0.5) is 0 Å². The van der Waals surface area contributed by atoms with Gasteiger partial charge in [0, 0.05) is 11.8 Å². The third-order valence-corrected chi connectivity index (χ3v) is 5.02. The van der Waals surface area contributed by atoms with E-state index in [0.717, 1.165) is 23.3 Å². The molecule has 0 amide bonds. The molecule has 1 saturated heterocycles. The number of rotatable bonds is 3. The summed E-state index contributed by atoms with van der Waals surface area (Å²) in [6.07, 6.45) is 3.76. The molecule has 19 heavy (non-hydrogen) atoms. The van der Waals surface area contributed by atoms with Crippen molar-refractivity contribution in [2.24, 2.45) is 0 Å². The van der Waals surface area contributed by atoms with Gasteiger partial charge in [0.15, 0.2) is 0 Å². The van der Waals surface area contributed by atoms with Gasteiger partial charge in [-0.15, -0.1) is 0 Å². The predicted octanol–water partition coefficient (Wildman–Crippen LogP) is 2.62. The highest BCUT2D eigenvalue weighted by Crippen LogP contribution is 2.28. The van der Waals surface area contributed by atoms with Crippen LogP contribution in [0.3, 0.4) is 0 Å². The lowest BCUT2D eigenvalue weighted by atomic mass is 10.2. The molecular formula is C14H18N2O2S. The van der Waals surface area contributed by atoms with Gasteiger partial charge in [-0.3, -0.25) is 4.57 Å². The van der Waals surface area contributed by atoms with Crippen molar-refractivity contribution in [2.75, 3.05) is 12.9 Å². The zero-order chi connectivity index (χ0) is 13.2. The molecule has 102 valence electrons. The fourth-order valence-corrected chi connectivity index (χ4v) is 3.97. The van der Waals surface area contributed by atoms with E-state index in [9.17, 15) is 4.79 Å². The Balaban J connectivity index is 2.01. The normalized spacial score (nSPS) is 19.7. The molecule has 0 aliphatic carbocycles. The number of hydrogen-bond acceptors (Lipinski definition) is 3. The third kappa shape index (κ3) is 2.39. The number of thioether (sulfide) groups is 1. The molecule has 1 aromatic carbocycles. The molecule has 5 heteroatoms. The number of methoxy groups -OCH3 is 1. The fourth-order valence-electron chi connectivity index (χ4n) is 2.68. The van der Waals surface area contributed by atoms with Crippen molar-refractivity contribution in [1.82, 2.24) is 9.55 Å². The van der Waals surface area contributed by atoms with Crippen molar-refractivity contribution >= 4 is 22.8 Å². The van der Waals surface area contributed by atoms with Gasteiger partial charge in [-0.25, -0.2) is 4.79 Å². The summed E-state index contributed by atoms with van der Waals surface area (Å²) >= 11 is 1.98. The number of hydrogen-bond donors (Lipinski definition) is 1. The van der Waals surface area contributed by atoms with Gasteiger partial charge in [-0.05, 0) is 30.7 Å². The summed E-state index contributed by atoms with van der Waals surface area (Å²) in [6.45, 7) is 0.768. The van der Waals surface area contributed by atoms with Crippen LogP contribution in [-0.4, -0.2) is 27.7 Å². The highest BCUT2D eigenvalue weighted by atomic mass is 32.2. The van der Waals surface area contributed by atoms with Crippen LogP contribution in [0.2, 0.25) is 0 Å². The quantitative estimate of drug-likeness (QED) is 0.939. The average molecular weight is 278 g/mol. The summed E-state index contributed by atoms with van der Waals surface area (Å²) in [5, 5.41) is 0.537. The molecular weight excluding hydrogens is 260 g/mol. The molecule has 1 atom stereocenters. The van der Waals surface area contributed by atoms with E-state index in [2.05, 4.69) is 4.98 Å². The minimum Gasteiger partial charge on any atom is -0.494 e. The zero-order valence-corrected chi connectivity index (χ0v) is 11.8. The van der Waals surface area contributed by atoms with Crippen molar-refractivity contribution in [3.05, 3.63) is 28.7 Å². The molecule has 0 radical (unpaired) electrons. The van der Waals surface area contributed by atoms with Crippen molar-refractivity contribution < 1.29 is 4.74 Å². The number of aromatic amines is 1. The molecule has 1 unspecified atom stereocenters. The SMILES string of the molecule is COc1cccc2[nH]c(=O)n(CC3CCCCS3)c12. The number of nitrogens with one attached hydrogen (secondary N) is 1. The summed E-state index contributed by atoms with van der Waals surface area (Å²) < 4.78 is 7.21. The van der Waals surface area contributed by atoms with Gasteiger partial charge in [-0.2, -0.15) is 11.8 Å². The maximum atomic E-state index is 12.1. The maximum Gasteiger partial charge on any atom is 0.326 e. The summed E-state index contributed by atoms with van der Waals surface area (Å²) in [6, 6.07) is 5.72. The molecule has 1 aliphatic heterocycles. The lowest BCUT2D eigenvalue weighted by Crippen LogP contribution is -2.24. The number of benzene rings is 1. The number of fused-ring (bicyclic) bond motifs is 1. The predicted molar refractivity (Wildman–Crippen MR) is 79.2 cm³/mol. The summed E-state index contributed by atoms with van der Waals surface area (Å²) in [7, 11) is 1.64. The summed E-state index contributed by atoms with van der Waals surface area (Å²) in [4.78, 5) is 15.0. The van der Waals surface area contributed by atoms with Crippen molar-refractivity contribution in [3.63, 3.8) is 0 Å². The molecule has 1 aromatic heterocycles. The summed E-state index contributed by atoms with van der Waals surface area (Å²) in [5.41, 5.74) is 1.71. The van der Waals surface area contributed by atoms with Gasteiger partial charge < -0.3 is 9.72 Å². The fraction of sp³-hybridized carbons (Fsp3) is 0.500. The van der Waals surface area contributed by atoms with Crippen LogP contribution < -0.4 is 10.4 Å². The van der Waals surface area contributed by atoms with E-state index in [4.69, 9.17) is 4.74 Å². The van der Waals surface area contributed by atoms with Crippen LogP contribution in [0.5, 0.6) is 5.75 Å². The Morgan fingerprint density at radius 3 is 3.11 bits per heavy atom. The van der Waals surface area contributed by atoms with E-state index in [1.807, 2.05) is 34.5 Å².